The van der Waals surface area contributed by atoms with E-state index in [1.165, 1.54) is 51.4 Å². The van der Waals surface area contributed by atoms with E-state index in [2.05, 4.69) is 12.2 Å². The zero-order chi connectivity index (χ0) is 15.5. The minimum absolute atomic E-state index is 0.324. The van der Waals surface area contributed by atoms with Crippen molar-refractivity contribution in [1.29, 1.82) is 0 Å². The molecule has 0 aromatic carbocycles. The Morgan fingerprint density at radius 3 is 2.19 bits per heavy atom. The molecule has 0 saturated carbocycles. The van der Waals surface area contributed by atoms with Crippen LogP contribution in [0.1, 0.15) is 75.2 Å². The molecular weight excluding hydrogens is 264 g/mol. The highest BCUT2D eigenvalue weighted by atomic mass is 16.4. The number of carboxylic acids is 1. The molecule has 21 heavy (non-hydrogen) atoms. The van der Waals surface area contributed by atoms with E-state index in [-0.39, 0.29) is 0 Å². The summed E-state index contributed by atoms with van der Waals surface area (Å²) in [5, 5.41) is 12.3. The summed E-state index contributed by atoms with van der Waals surface area (Å²) in [4.78, 5) is 10.9. The van der Waals surface area contributed by atoms with Gasteiger partial charge in [-0.1, -0.05) is 58.3 Å². The topological polar surface area (TPSA) is 54.3 Å². The molecule has 0 saturated heterocycles. The number of nitrogens with one attached hydrogen (secondary N) is 1. The SMILES string of the molecule is CCCCCCCCCCCNc1cc(C(=O)O)n(C)c1. The molecule has 0 radical (unpaired) electrons. The normalized spacial score (nSPS) is 10.8. The molecule has 0 fully saturated rings. The van der Waals surface area contributed by atoms with Crippen LogP contribution in [0.15, 0.2) is 12.3 Å². The Hall–Kier alpha value is -1.45. The third-order valence-electron chi connectivity index (χ3n) is 3.83. The lowest BCUT2D eigenvalue weighted by Crippen LogP contribution is -2.02. The fourth-order valence-corrected chi connectivity index (χ4v) is 2.54. The van der Waals surface area contributed by atoms with Crippen molar-refractivity contribution in [2.24, 2.45) is 7.05 Å². The molecular formula is C17H30N2O2. The smallest absolute Gasteiger partial charge is 0.352 e. The number of aromatic carboxylic acids is 1. The summed E-state index contributed by atoms with van der Waals surface area (Å²) >= 11 is 0. The summed E-state index contributed by atoms with van der Waals surface area (Å²) < 4.78 is 1.64. The number of aryl methyl sites for hydroxylation is 1. The second-order valence-electron chi connectivity index (χ2n) is 5.79. The first-order valence-electron chi connectivity index (χ1n) is 8.28. The summed E-state index contributed by atoms with van der Waals surface area (Å²) in [7, 11) is 1.76. The third-order valence-corrected chi connectivity index (χ3v) is 3.83. The predicted octanol–water partition coefficient (Wildman–Crippen LogP) is 4.67. The van der Waals surface area contributed by atoms with Crippen LogP contribution < -0.4 is 5.32 Å². The molecule has 0 unspecified atom stereocenters. The van der Waals surface area contributed by atoms with E-state index in [0.29, 0.717) is 5.69 Å². The van der Waals surface area contributed by atoms with E-state index in [1.54, 1.807) is 17.7 Å². The summed E-state index contributed by atoms with van der Waals surface area (Å²) in [6.45, 7) is 3.16. The van der Waals surface area contributed by atoms with Gasteiger partial charge in [0.1, 0.15) is 5.69 Å². The van der Waals surface area contributed by atoms with Gasteiger partial charge in [0.2, 0.25) is 0 Å². The summed E-state index contributed by atoms with van der Waals surface area (Å²) in [6, 6.07) is 1.69. The lowest BCUT2D eigenvalue weighted by molar-refractivity contribution is 0.0686. The molecule has 0 aliphatic heterocycles. The van der Waals surface area contributed by atoms with Crippen LogP contribution in [0.4, 0.5) is 5.69 Å². The maximum atomic E-state index is 10.9. The van der Waals surface area contributed by atoms with Crippen molar-refractivity contribution in [3.8, 4) is 0 Å². The average Bonchev–Trinajstić information content (AvgIpc) is 2.82. The molecule has 0 aliphatic rings. The monoisotopic (exact) mass is 294 g/mol. The van der Waals surface area contributed by atoms with Gasteiger partial charge in [-0.05, 0) is 12.5 Å². The Bertz CT molecular complexity index is 413. The third kappa shape index (κ3) is 7.21. The van der Waals surface area contributed by atoms with Crippen LogP contribution in [0.25, 0.3) is 0 Å². The Morgan fingerprint density at radius 1 is 1.10 bits per heavy atom. The van der Waals surface area contributed by atoms with E-state index in [0.717, 1.165) is 18.7 Å². The molecule has 1 rings (SSSR count). The maximum Gasteiger partial charge on any atom is 0.352 e. The molecule has 1 aromatic heterocycles. The number of hydrogen-bond donors (Lipinski definition) is 2. The van der Waals surface area contributed by atoms with E-state index in [1.807, 2.05) is 6.20 Å². The fraction of sp³-hybridized carbons (Fsp3) is 0.706. The van der Waals surface area contributed by atoms with Crippen molar-refractivity contribution < 1.29 is 9.90 Å². The van der Waals surface area contributed by atoms with Gasteiger partial charge in [0, 0.05) is 19.8 Å². The molecule has 4 heteroatoms. The van der Waals surface area contributed by atoms with Crippen molar-refractivity contribution in [1.82, 2.24) is 4.57 Å². The largest absolute Gasteiger partial charge is 0.477 e. The van der Waals surface area contributed by atoms with E-state index >= 15 is 0 Å². The second-order valence-corrected chi connectivity index (χ2v) is 5.79. The zero-order valence-corrected chi connectivity index (χ0v) is 13.5. The predicted molar refractivity (Wildman–Crippen MR) is 88.1 cm³/mol. The number of carboxylic acid groups (broad SMARTS) is 1. The Balaban J connectivity index is 2.02. The highest BCUT2D eigenvalue weighted by Gasteiger charge is 2.09. The maximum absolute atomic E-state index is 10.9. The van der Waals surface area contributed by atoms with Crippen LogP contribution in [0.3, 0.4) is 0 Å². The number of anilines is 1. The number of rotatable bonds is 12. The standard InChI is InChI=1S/C17H30N2O2/c1-3-4-5-6-7-8-9-10-11-12-18-15-13-16(17(20)21)19(2)14-15/h13-14,18H,3-12H2,1-2H3,(H,20,21). The van der Waals surface area contributed by atoms with E-state index in [4.69, 9.17) is 5.11 Å². The minimum atomic E-state index is -0.881. The van der Waals surface area contributed by atoms with Gasteiger partial charge in [-0.3, -0.25) is 0 Å². The van der Waals surface area contributed by atoms with Crippen molar-refractivity contribution in [3.63, 3.8) is 0 Å². The quantitative estimate of drug-likeness (QED) is 0.551. The van der Waals surface area contributed by atoms with Crippen LogP contribution in [-0.4, -0.2) is 22.2 Å². The van der Waals surface area contributed by atoms with Gasteiger partial charge in [-0.2, -0.15) is 0 Å². The van der Waals surface area contributed by atoms with Crippen molar-refractivity contribution in [3.05, 3.63) is 18.0 Å². The highest BCUT2D eigenvalue weighted by Crippen LogP contribution is 2.13. The van der Waals surface area contributed by atoms with Gasteiger partial charge in [0.05, 0.1) is 5.69 Å². The van der Waals surface area contributed by atoms with Crippen molar-refractivity contribution in [2.45, 2.75) is 64.7 Å². The molecule has 120 valence electrons. The van der Waals surface area contributed by atoms with E-state index < -0.39 is 5.97 Å². The molecule has 1 aromatic rings. The number of hydrogen-bond acceptors (Lipinski definition) is 2. The second kappa shape index (κ2) is 10.3. The van der Waals surface area contributed by atoms with Gasteiger partial charge < -0.3 is 15.0 Å². The van der Waals surface area contributed by atoms with Crippen molar-refractivity contribution >= 4 is 11.7 Å². The van der Waals surface area contributed by atoms with Crippen LogP contribution >= 0.6 is 0 Å². The fourth-order valence-electron chi connectivity index (χ4n) is 2.54. The summed E-state index contributed by atoms with van der Waals surface area (Å²) in [5.41, 5.74) is 1.22. The number of aromatic nitrogens is 1. The molecule has 4 nitrogen and oxygen atoms in total. The Labute approximate surface area is 128 Å². The molecule has 0 spiro atoms. The van der Waals surface area contributed by atoms with Gasteiger partial charge in [0.25, 0.3) is 0 Å². The zero-order valence-electron chi connectivity index (χ0n) is 13.5. The number of carbonyl (C=O) groups is 1. The summed E-state index contributed by atoms with van der Waals surface area (Å²) in [5.74, 6) is -0.881. The van der Waals surface area contributed by atoms with Crippen LogP contribution in [0, 0.1) is 0 Å². The van der Waals surface area contributed by atoms with Crippen LogP contribution in [0.5, 0.6) is 0 Å². The first-order chi connectivity index (χ1) is 10.1. The van der Waals surface area contributed by atoms with Gasteiger partial charge in [0.15, 0.2) is 0 Å². The Kier molecular flexibility index (Phi) is 8.63. The van der Waals surface area contributed by atoms with Gasteiger partial charge >= 0.3 is 5.97 Å². The van der Waals surface area contributed by atoms with Crippen LogP contribution in [-0.2, 0) is 7.05 Å². The molecule has 1 heterocycles. The van der Waals surface area contributed by atoms with Gasteiger partial charge in [-0.15, -0.1) is 0 Å². The van der Waals surface area contributed by atoms with E-state index in [9.17, 15) is 4.79 Å². The first-order valence-corrected chi connectivity index (χ1v) is 8.28. The molecule has 0 aliphatic carbocycles. The Morgan fingerprint density at radius 2 is 1.67 bits per heavy atom. The van der Waals surface area contributed by atoms with Gasteiger partial charge in [-0.25, -0.2) is 4.79 Å². The number of unbranched alkanes of at least 4 members (excludes halogenated alkanes) is 8. The highest BCUT2D eigenvalue weighted by molar-refractivity contribution is 5.87. The summed E-state index contributed by atoms with van der Waals surface area (Å²) in [6.07, 6.45) is 13.7. The minimum Gasteiger partial charge on any atom is -0.477 e. The average molecular weight is 294 g/mol. The van der Waals surface area contributed by atoms with Crippen LogP contribution in [0.2, 0.25) is 0 Å². The molecule has 0 amide bonds. The molecule has 0 atom stereocenters. The lowest BCUT2D eigenvalue weighted by atomic mass is 10.1. The molecule has 0 bridgehead atoms. The first kappa shape index (κ1) is 17.6. The number of nitrogens with zero attached hydrogens (tertiary/aromatic N) is 1. The molecule has 2 N–H and O–H groups in total. The lowest BCUT2D eigenvalue weighted by Gasteiger charge is -2.04. The van der Waals surface area contributed by atoms with Crippen molar-refractivity contribution in [2.75, 3.05) is 11.9 Å².